The summed E-state index contributed by atoms with van der Waals surface area (Å²) in [6, 6.07) is 32.4. The predicted octanol–water partition coefficient (Wildman–Crippen LogP) is 6.99. The molecule has 1 heteroatoms. The van der Waals surface area contributed by atoms with Crippen molar-refractivity contribution < 1.29 is 4.74 Å². The quantitative estimate of drug-likeness (QED) is 0.335. The molecule has 0 amide bonds. The summed E-state index contributed by atoms with van der Waals surface area (Å²) in [6.07, 6.45) is 0.908. The van der Waals surface area contributed by atoms with Gasteiger partial charge >= 0.3 is 0 Å². The molecule has 0 N–H and O–H groups in total. The van der Waals surface area contributed by atoms with Crippen LogP contribution in [0.1, 0.15) is 18.1 Å². The van der Waals surface area contributed by atoms with E-state index in [0.29, 0.717) is 6.61 Å². The molecule has 28 heavy (non-hydrogen) atoms. The third-order valence-electron chi connectivity index (χ3n) is 5.54. The van der Waals surface area contributed by atoms with Crippen LogP contribution in [0.4, 0.5) is 0 Å². The minimum Gasteiger partial charge on any atom is -0.494 e. The molecule has 1 aliphatic carbocycles. The monoisotopic (exact) mass is 362 g/mol. The fourth-order valence-corrected chi connectivity index (χ4v) is 4.34. The summed E-state index contributed by atoms with van der Waals surface area (Å²) in [5.74, 6) is 1.01. The van der Waals surface area contributed by atoms with Crippen LogP contribution in [-0.2, 0) is 6.42 Å². The van der Waals surface area contributed by atoms with Crippen molar-refractivity contribution in [2.45, 2.75) is 13.3 Å². The molecule has 1 nitrogen and oxygen atoms in total. The molecule has 0 saturated carbocycles. The minimum absolute atomic E-state index is 0.688. The largest absolute Gasteiger partial charge is 0.494 e. The topological polar surface area (TPSA) is 9.23 Å². The Morgan fingerprint density at radius 3 is 1.96 bits per heavy atom. The Labute approximate surface area is 166 Å². The van der Waals surface area contributed by atoms with E-state index in [0.717, 1.165) is 12.2 Å². The Morgan fingerprint density at radius 1 is 0.607 bits per heavy atom. The molecule has 0 radical (unpaired) electrons. The van der Waals surface area contributed by atoms with E-state index >= 15 is 0 Å². The van der Waals surface area contributed by atoms with Crippen LogP contribution in [0.5, 0.6) is 5.75 Å². The molecule has 0 aromatic heterocycles. The Hall–Kier alpha value is -3.32. The number of fused-ring (bicyclic) bond motifs is 3. The summed E-state index contributed by atoms with van der Waals surface area (Å²) < 4.78 is 5.94. The van der Waals surface area contributed by atoms with Crippen molar-refractivity contribution in [3.05, 3.63) is 102 Å². The van der Waals surface area contributed by atoms with Gasteiger partial charge in [0, 0.05) is 12.0 Å². The molecule has 0 bridgehead atoms. The van der Waals surface area contributed by atoms with Crippen molar-refractivity contribution >= 4 is 0 Å². The van der Waals surface area contributed by atoms with Gasteiger partial charge in [-0.05, 0) is 51.9 Å². The van der Waals surface area contributed by atoms with E-state index in [1.54, 1.807) is 0 Å². The van der Waals surface area contributed by atoms with Crippen molar-refractivity contribution in [2.75, 3.05) is 6.61 Å². The maximum Gasteiger partial charge on any atom is 0.123 e. The summed E-state index contributed by atoms with van der Waals surface area (Å²) in [4.78, 5) is 0. The lowest BCUT2D eigenvalue weighted by Crippen LogP contribution is -1.96. The zero-order chi connectivity index (χ0) is 18.9. The van der Waals surface area contributed by atoms with Crippen molar-refractivity contribution in [1.82, 2.24) is 0 Å². The highest BCUT2D eigenvalue weighted by Crippen LogP contribution is 2.48. The number of benzene rings is 4. The SMILES string of the molecule is CCOc1cccc2c1Cc1c-2ccc(-c2ccccc2)c1-c1ccccc1. The van der Waals surface area contributed by atoms with Crippen LogP contribution in [0.2, 0.25) is 0 Å². The summed E-state index contributed by atoms with van der Waals surface area (Å²) in [5.41, 5.74) is 10.5. The Balaban J connectivity index is 1.77. The molecule has 0 heterocycles. The van der Waals surface area contributed by atoms with Crippen LogP contribution < -0.4 is 4.74 Å². The molecule has 0 atom stereocenters. The fourth-order valence-electron chi connectivity index (χ4n) is 4.34. The third kappa shape index (κ3) is 2.71. The van der Waals surface area contributed by atoms with E-state index in [2.05, 4.69) is 91.0 Å². The van der Waals surface area contributed by atoms with E-state index in [1.807, 2.05) is 6.92 Å². The molecule has 136 valence electrons. The number of hydrogen-bond donors (Lipinski definition) is 0. The van der Waals surface area contributed by atoms with Gasteiger partial charge in [-0.2, -0.15) is 0 Å². The molecule has 0 aliphatic heterocycles. The second-order valence-electron chi connectivity index (χ2n) is 7.14. The van der Waals surface area contributed by atoms with Gasteiger partial charge in [0.2, 0.25) is 0 Å². The highest BCUT2D eigenvalue weighted by atomic mass is 16.5. The number of rotatable bonds is 4. The number of hydrogen-bond acceptors (Lipinski definition) is 1. The van der Waals surface area contributed by atoms with Gasteiger partial charge in [0.05, 0.1) is 6.61 Å². The van der Waals surface area contributed by atoms with E-state index in [4.69, 9.17) is 4.74 Å². The van der Waals surface area contributed by atoms with Crippen LogP contribution in [0.3, 0.4) is 0 Å². The molecule has 4 aromatic rings. The first kappa shape index (κ1) is 16.8. The highest BCUT2D eigenvalue weighted by Gasteiger charge is 2.26. The maximum atomic E-state index is 5.94. The van der Waals surface area contributed by atoms with Crippen LogP contribution >= 0.6 is 0 Å². The number of ether oxygens (including phenoxy) is 1. The Kier molecular flexibility index (Phi) is 4.21. The first-order chi connectivity index (χ1) is 13.9. The zero-order valence-corrected chi connectivity index (χ0v) is 16.0. The van der Waals surface area contributed by atoms with E-state index < -0.39 is 0 Å². The van der Waals surface area contributed by atoms with Crippen LogP contribution in [0, 0.1) is 0 Å². The fraction of sp³-hybridized carbons (Fsp3) is 0.111. The molecule has 0 fully saturated rings. The van der Waals surface area contributed by atoms with E-state index in [-0.39, 0.29) is 0 Å². The third-order valence-corrected chi connectivity index (χ3v) is 5.54. The van der Waals surface area contributed by atoms with Gasteiger partial charge in [-0.1, -0.05) is 84.9 Å². The Bertz CT molecular complexity index is 1130. The van der Waals surface area contributed by atoms with Gasteiger partial charge in [-0.15, -0.1) is 0 Å². The van der Waals surface area contributed by atoms with Gasteiger partial charge in [0.15, 0.2) is 0 Å². The first-order valence-electron chi connectivity index (χ1n) is 9.88. The molecular weight excluding hydrogens is 340 g/mol. The molecule has 4 aromatic carbocycles. The normalized spacial score (nSPS) is 11.8. The zero-order valence-electron chi connectivity index (χ0n) is 16.0. The standard InChI is InChI=1S/C27H22O/c1-2-28-26-15-9-14-22-23-17-16-21(19-10-5-3-6-11-19)27(25(23)18-24(22)26)20-12-7-4-8-13-20/h3-17H,2,18H2,1H3. The summed E-state index contributed by atoms with van der Waals surface area (Å²) in [5, 5.41) is 0. The lowest BCUT2D eigenvalue weighted by molar-refractivity contribution is 0.337. The van der Waals surface area contributed by atoms with Crippen LogP contribution in [0.15, 0.2) is 91.0 Å². The second-order valence-corrected chi connectivity index (χ2v) is 7.14. The molecule has 1 aliphatic rings. The van der Waals surface area contributed by atoms with Crippen molar-refractivity contribution in [2.24, 2.45) is 0 Å². The van der Waals surface area contributed by atoms with Crippen LogP contribution in [-0.4, -0.2) is 6.61 Å². The Morgan fingerprint density at radius 2 is 1.25 bits per heavy atom. The predicted molar refractivity (Wildman–Crippen MR) is 117 cm³/mol. The van der Waals surface area contributed by atoms with E-state index in [1.165, 1.54) is 44.5 Å². The highest BCUT2D eigenvalue weighted by molar-refractivity contribution is 5.94. The van der Waals surface area contributed by atoms with Gasteiger partial charge in [0.1, 0.15) is 5.75 Å². The maximum absolute atomic E-state index is 5.94. The average Bonchev–Trinajstić information content (AvgIpc) is 3.14. The summed E-state index contributed by atoms with van der Waals surface area (Å²) in [7, 11) is 0. The smallest absolute Gasteiger partial charge is 0.123 e. The lowest BCUT2D eigenvalue weighted by atomic mass is 9.88. The summed E-state index contributed by atoms with van der Waals surface area (Å²) >= 11 is 0. The molecule has 5 rings (SSSR count). The lowest BCUT2D eigenvalue weighted by Gasteiger charge is -2.16. The van der Waals surface area contributed by atoms with Crippen molar-refractivity contribution in [1.29, 1.82) is 0 Å². The van der Waals surface area contributed by atoms with Crippen molar-refractivity contribution in [3.8, 4) is 39.1 Å². The first-order valence-corrected chi connectivity index (χ1v) is 9.88. The molecule has 0 saturated heterocycles. The molecular formula is C27H22O. The van der Waals surface area contributed by atoms with Crippen molar-refractivity contribution in [3.63, 3.8) is 0 Å². The molecule has 0 spiro atoms. The van der Waals surface area contributed by atoms with E-state index in [9.17, 15) is 0 Å². The second kappa shape index (κ2) is 7.01. The van der Waals surface area contributed by atoms with Gasteiger partial charge in [-0.25, -0.2) is 0 Å². The van der Waals surface area contributed by atoms with Crippen LogP contribution in [0.25, 0.3) is 33.4 Å². The minimum atomic E-state index is 0.688. The van der Waals surface area contributed by atoms with Gasteiger partial charge in [0.25, 0.3) is 0 Å². The summed E-state index contributed by atoms with van der Waals surface area (Å²) in [6.45, 7) is 2.73. The van der Waals surface area contributed by atoms with Gasteiger partial charge < -0.3 is 4.74 Å². The van der Waals surface area contributed by atoms with Gasteiger partial charge in [-0.3, -0.25) is 0 Å². The molecule has 0 unspecified atom stereocenters. The average molecular weight is 362 g/mol.